The molecule has 1 aromatic carbocycles. The fraction of sp³-hybridized carbons (Fsp3) is 0.222. The summed E-state index contributed by atoms with van der Waals surface area (Å²) in [5.41, 5.74) is -1.47. The van der Waals surface area contributed by atoms with E-state index < -0.39 is 23.3 Å². The van der Waals surface area contributed by atoms with Crippen LogP contribution in [0.2, 0.25) is 0 Å². The first-order chi connectivity index (χ1) is 6.75. The number of aromatic hydroxyl groups is 1. The zero-order valence-corrected chi connectivity index (χ0v) is 9.68. The minimum atomic E-state index is -4.66. The summed E-state index contributed by atoms with van der Waals surface area (Å²) in [7, 11) is 0. The zero-order valence-electron chi connectivity index (χ0n) is 7.52. The first-order valence-electron chi connectivity index (χ1n) is 3.84. The van der Waals surface area contributed by atoms with Crippen LogP contribution in [0, 0.1) is 3.57 Å². The Balaban J connectivity index is 3.51. The van der Waals surface area contributed by atoms with Crippen molar-refractivity contribution in [3.63, 3.8) is 0 Å². The fourth-order valence-electron chi connectivity index (χ4n) is 1.12. The summed E-state index contributed by atoms with van der Waals surface area (Å²) in [6.45, 7) is 1.10. The highest BCUT2D eigenvalue weighted by Crippen LogP contribution is 2.40. The van der Waals surface area contributed by atoms with E-state index >= 15 is 0 Å². The number of phenols is 1. The summed E-state index contributed by atoms with van der Waals surface area (Å²) in [5, 5.41) is 9.33. The second-order valence-corrected chi connectivity index (χ2v) is 4.03. The van der Waals surface area contributed by atoms with Gasteiger partial charge in [-0.3, -0.25) is 4.79 Å². The quantitative estimate of drug-likeness (QED) is 0.634. The summed E-state index contributed by atoms with van der Waals surface area (Å²) in [5.74, 6) is -1.60. The molecule has 82 valence electrons. The zero-order chi connectivity index (χ0) is 11.8. The van der Waals surface area contributed by atoms with Gasteiger partial charge in [0, 0.05) is 3.57 Å². The van der Waals surface area contributed by atoms with E-state index in [0.717, 1.165) is 13.0 Å². The molecule has 0 heterocycles. The summed E-state index contributed by atoms with van der Waals surface area (Å²) < 4.78 is 37.3. The third kappa shape index (κ3) is 2.42. The van der Waals surface area contributed by atoms with Gasteiger partial charge in [0.2, 0.25) is 0 Å². The molecule has 0 aliphatic rings. The lowest BCUT2D eigenvalue weighted by Gasteiger charge is -2.12. The molecule has 0 spiro atoms. The number of hydrogen-bond acceptors (Lipinski definition) is 2. The van der Waals surface area contributed by atoms with Crippen LogP contribution in [0.15, 0.2) is 12.1 Å². The van der Waals surface area contributed by atoms with Gasteiger partial charge in [-0.15, -0.1) is 0 Å². The lowest BCUT2D eigenvalue weighted by atomic mass is 10.1. The van der Waals surface area contributed by atoms with Crippen LogP contribution >= 0.6 is 22.6 Å². The monoisotopic (exact) mass is 330 g/mol. The van der Waals surface area contributed by atoms with Gasteiger partial charge < -0.3 is 5.11 Å². The molecule has 15 heavy (non-hydrogen) atoms. The molecule has 0 aromatic heterocycles. The highest BCUT2D eigenvalue weighted by Gasteiger charge is 2.37. The minimum absolute atomic E-state index is 0.136. The summed E-state index contributed by atoms with van der Waals surface area (Å²) in [6.07, 6.45) is -4.66. The maximum Gasteiger partial charge on any atom is 0.421 e. The van der Waals surface area contributed by atoms with E-state index in [1.807, 2.05) is 0 Å². The summed E-state index contributed by atoms with van der Waals surface area (Å²) >= 11 is 1.46. The van der Waals surface area contributed by atoms with Gasteiger partial charge in [0.25, 0.3) is 0 Å². The van der Waals surface area contributed by atoms with E-state index in [2.05, 4.69) is 0 Å². The number of carbonyl (C=O) groups is 1. The number of carbonyl (C=O) groups excluding carboxylic acids is 1. The number of ketones is 1. The maximum atomic E-state index is 12.5. The molecule has 1 N–H and O–H groups in total. The van der Waals surface area contributed by atoms with Gasteiger partial charge in [0.1, 0.15) is 11.3 Å². The van der Waals surface area contributed by atoms with Gasteiger partial charge in [-0.1, -0.05) is 0 Å². The van der Waals surface area contributed by atoms with E-state index in [-0.39, 0.29) is 9.13 Å². The molecule has 2 nitrogen and oxygen atoms in total. The largest absolute Gasteiger partial charge is 0.507 e. The van der Waals surface area contributed by atoms with Crippen molar-refractivity contribution in [2.45, 2.75) is 13.1 Å². The predicted molar refractivity (Wildman–Crippen MR) is 55.8 cm³/mol. The van der Waals surface area contributed by atoms with Crippen molar-refractivity contribution in [1.29, 1.82) is 0 Å². The molecular weight excluding hydrogens is 324 g/mol. The van der Waals surface area contributed by atoms with E-state index in [1.54, 1.807) is 0 Å². The number of alkyl halides is 3. The number of phenolic OH excluding ortho intramolecular Hbond substituents is 1. The second kappa shape index (κ2) is 3.99. The third-order valence-corrected chi connectivity index (χ3v) is 2.69. The Labute approximate surface area is 97.2 Å². The number of rotatable bonds is 1. The van der Waals surface area contributed by atoms with Crippen molar-refractivity contribution < 1.29 is 23.1 Å². The predicted octanol–water partition coefficient (Wildman–Crippen LogP) is 3.22. The standard InChI is InChI=1S/C9H6F3IO2/c1-4(14)5-2-3-6(13)7(8(5)15)9(10,11)12/h2-3,15H,1H3. The topological polar surface area (TPSA) is 37.3 Å². The smallest absolute Gasteiger partial charge is 0.421 e. The van der Waals surface area contributed by atoms with Gasteiger partial charge in [-0.2, -0.15) is 13.2 Å². The molecule has 0 atom stereocenters. The van der Waals surface area contributed by atoms with Crippen molar-refractivity contribution in [3.05, 3.63) is 26.8 Å². The first-order valence-corrected chi connectivity index (χ1v) is 4.92. The van der Waals surface area contributed by atoms with Crippen LogP contribution < -0.4 is 0 Å². The lowest BCUT2D eigenvalue weighted by molar-refractivity contribution is -0.139. The summed E-state index contributed by atoms with van der Waals surface area (Å²) in [6, 6.07) is 2.33. The molecule has 0 saturated heterocycles. The van der Waals surface area contributed by atoms with Gasteiger partial charge in [0.05, 0.1) is 5.56 Å². The van der Waals surface area contributed by atoms with Crippen LogP contribution in [0.3, 0.4) is 0 Å². The van der Waals surface area contributed by atoms with E-state index in [4.69, 9.17) is 0 Å². The molecule has 0 amide bonds. The molecule has 1 aromatic rings. The third-order valence-electron chi connectivity index (χ3n) is 1.79. The Bertz CT molecular complexity index is 413. The van der Waals surface area contributed by atoms with Crippen LogP contribution in [0.25, 0.3) is 0 Å². The normalized spacial score (nSPS) is 11.5. The Morgan fingerprint density at radius 2 is 1.93 bits per heavy atom. The average molecular weight is 330 g/mol. The second-order valence-electron chi connectivity index (χ2n) is 2.87. The van der Waals surface area contributed by atoms with Crippen LogP contribution in [0.5, 0.6) is 5.75 Å². The van der Waals surface area contributed by atoms with Crippen LogP contribution in [-0.2, 0) is 6.18 Å². The number of benzene rings is 1. The molecular formula is C9H6F3IO2. The lowest BCUT2D eigenvalue weighted by Crippen LogP contribution is -2.10. The Hall–Kier alpha value is -0.790. The highest BCUT2D eigenvalue weighted by molar-refractivity contribution is 14.1. The fourth-order valence-corrected chi connectivity index (χ4v) is 1.86. The molecule has 0 aliphatic heterocycles. The first kappa shape index (κ1) is 12.3. The highest BCUT2D eigenvalue weighted by atomic mass is 127. The van der Waals surface area contributed by atoms with Gasteiger partial charge in [0.15, 0.2) is 5.78 Å². The van der Waals surface area contributed by atoms with E-state index in [9.17, 15) is 23.1 Å². The maximum absolute atomic E-state index is 12.5. The van der Waals surface area contributed by atoms with Crippen molar-refractivity contribution in [1.82, 2.24) is 0 Å². The molecule has 0 bridgehead atoms. The van der Waals surface area contributed by atoms with Crippen LogP contribution in [0.1, 0.15) is 22.8 Å². The van der Waals surface area contributed by atoms with Gasteiger partial charge in [-0.05, 0) is 41.6 Å². The molecule has 1 rings (SSSR count). The van der Waals surface area contributed by atoms with E-state index in [0.29, 0.717) is 0 Å². The van der Waals surface area contributed by atoms with Crippen molar-refractivity contribution >= 4 is 28.4 Å². The van der Waals surface area contributed by atoms with Gasteiger partial charge >= 0.3 is 6.18 Å². The van der Waals surface area contributed by atoms with Crippen molar-refractivity contribution in [3.8, 4) is 5.75 Å². The average Bonchev–Trinajstić information content (AvgIpc) is 2.00. The molecule has 0 saturated carbocycles. The minimum Gasteiger partial charge on any atom is -0.507 e. The molecule has 0 unspecified atom stereocenters. The van der Waals surface area contributed by atoms with Crippen LogP contribution in [-0.4, -0.2) is 10.9 Å². The van der Waals surface area contributed by atoms with Crippen LogP contribution in [0.4, 0.5) is 13.2 Å². The number of Topliss-reactive ketones (excluding diaryl/α,β-unsaturated/α-hetero) is 1. The Kier molecular flexibility index (Phi) is 3.27. The molecule has 0 fully saturated rings. The van der Waals surface area contributed by atoms with E-state index in [1.165, 1.54) is 28.7 Å². The Morgan fingerprint density at radius 1 is 1.40 bits per heavy atom. The molecule has 6 heteroatoms. The SMILES string of the molecule is CC(=O)c1ccc(I)c(C(F)(F)F)c1O. The van der Waals surface area contributed by atoms with Gasteiger partial charge in [-0.25, -0.2) is 0 Å². The van der Waals surface area contributed by atoms with Crippen molar-refractivity contribution in [2.24, 2.45) is 0 Å². The molecule has 0 aliphatic carbocycles. The number of hydrogen-bond donors (Lipinski definition) is 1. The van der Waals surface area contributed by atoms with Crippen molar-refractivity contribution in [2.75, 3.05) is 0 Å². The molecule has 0 radical (unpaired) electrons. The Morgan fingerprint density at radius 3 is 2.33 bits per heavy atom. The number of halogens is 4. The summed E-state index contributed by atoms with van der Waals surface area (Å²) in [4.78, 5) is 10.9.